The van der Waals surface area contributed by atoms with Crippen LogP contribution in [0, 0.1) is 0 Å². The van der Waals surface area contributed by atoms with Gasteiger partial charge in [-0.3, -0.25) is 4.79 Å². The van der Waals surface area contributed by atoms with E-state index in [-0.39, 0.29) is 12.0 Å². The zero-order valence-corrected chi connectivity index (χ0v) is 16.4. The van der Waals surface area contributed by atoms with Gasteiger partial charge in [-0.25, -0.2) is 4.68 Å². The van der Waals surface area contributed by atoms with Gasteiger partial charge in [-0.15, -0.1) is 5.10 Å². The second kappa shape index (κ2) is 10.3. The van der Waals surface area contributed by atoms with Crippen molar-refractivity contribution in [1.82, 2.24) is 25.5 Å². The molecule has 1 aromatic heterocycles. The Bertz CT molecular complexity index is 705. The van der Waals surface area contributed by atoms with Gasteiger partial charge in [-0.05, 0) is 41.8 Å². The van der Waals surface area contributed by atoms with Crippen LogP contribution >= 0.6 is 11.8 Å². The standard InChI is InChI=1S/C18H26N6O2S/c1-23(15-7-3-2-4-8-15)11-6-10-19-17(25)14-27-18-20-21-22-24(18)13-16-9-5-12-26-16/h2-4,7-8,16H,5-6,9-14H2,1H3,(H,19,25)/t16-/m0/s1. The maximum Gasteiger partial charge on any atom is 0.230 e. The number of ether oxygens (including phenoxy) is 1. The van der Waals surface area contributed by atoms with Crippen molar-refractivity contribution < 1.29 is 9.53 Å². The highest BCUT2D eigenvalue weighted by molar-refractivity contribution is 7.99. The monoisotopic (exact) mass is 390 g/mol. The molecule has 146 valence electrons. The van der Waals surface area contributed by atoms with Crippen LogP contribution in [0.5, 0.6) is 0 Å². The van der Waals surface area contributed by atoms with E-state index in [1.807, 2.05) is 18.2 Å². The molecule has 0 radical (unpaired) electrons. The first-order valence-corrected chi connectivity index (χ1v) is 10.2. The minimum absolute atomic E-state index is 0.00553. The first-order valence-electron chi connectivity index (χ1n) is 9.26. The van der Waals surface area contributed by atoms with Gasteiger partial charge in [0, 0.05) is 32.4 Å². The highest BCUT2D eigenvalue weighted by Crippen LogP contribution is 2.18. The molecule has 0 bridgehead atoms. The summed E-state index contributed by atoms with van der Waals surface area (Å²) in [5.74, 6) is 0.300. The number of nitrogens with one attached hydrogen (secondary N) is 1. The van der Waals surface area contributed by atoms with E-state index < -0.39 is 0 Å². The molecule has 3 rings (SSSR count). The van der Waals surface area contributed by atoms with Crippen LogP contribution in [-0.4, -0.2) is 64.7 Å². The second-order valence-corrected chi connectivity index (χ2v) is 7.47. The highest BCUT2D eigenvalue weighted by Gasteiger charge is 2.19. The highest BCUT2D eigenvalue weighted by atomic mass is 32.2. The molecule has 1 saturated heterocycles. The molecule has 1 aliphatic heterocycles. The third-order valence-electron chi connectivity index (χ3n) is 4.42. The Morgan fingerprint density at radius 1 is 1.41 bits per heavy atom. The quantitative estimate of drug-likeness (QED) is 0.487. The lowest BCUT2D eigenvalue weighted by molar-refractivity contribution is -0.118. The molecule has 1 amide bonds. The lowest BCUT2D eigenvalue weighted by atomic mass is 10.2. The van der Waals surface area contributed by atoms with Crippen molar-refractivity contribution in [1.29, 1.82) is 0 Å². The number of anilines is 1. The minimum atomic E-state index is -0.00553. The number of carbonyl (C=O) groups excluding carboxylic acids is 1. The Morgan fingerprint density at radius 2 is 2.26 bits per heavy atom. The van der Waals surface area contributed by atoms with Crippen LogP contribution in [-0.2, 0) is 16.1 Å². The van der Waals surface area contributed by atoms with Crippen molar-refractivity contribution in [3.05, 3.63) is 30.3 Å². The summed E-state index contributed by atoms with van der Waals surface area (Å²) in [5.41, 5.74) is 1.18. The van der Waals surface area contributed by atoms with Crippen LogP contribution in [0.1, 0.15) is 19.3 Å². The fourth-order valence-electron chi connectivity index (χ4n) is 2.93. The lowest BCUT2D eigenvalue weighted by Crippen LogP contribution is -2.29. The van der Waals surface area contributed by atoms with Crippen LogP contribution in [0.25, 0.3) is 0 Å². The summed E-state index contributed by atoms with van der Waals surface area (Å²) in [4.78, 5) is 14.2. The maximum absolute atomic E-state index is 12.1. The van der Waals surface area contributed by atoms with E-state index in [0.717, 1.165) is 32.4 Å². The van der Waals surface area contributed by atoms with Gasteiger partial charge in [0.25, 0.3) is 0 Å². The molecule has 0 saturated carbocycles. The molecular weight excluding hydrogens is 364 g/mol. The molecule has 9 heteroatoms. The molecular formula is C18H26N6O2S. The molecule has 2 heterocycles. The van der Waals surface area contributed by atoms with Gasteiger partial charge < -0.3 is 15.0 Å². The third kappa shape index (κ3) is 6.21. The van der Waals surface area contributed by atoms with E-state index in [1.54, 1.807) is 4.68 Å². The van der Waals surface area contributed by atoms with Crippen molar-refractivity contribution in [2.75, 3.05) is 37.4 Å². The number of hydrogen-bond donors (Lipinski definition) is 1. The number of amides is 1. The summed E-state index contributed by atoms with van der Waals surface area (Å²) >= 11 is 1.36. The molecule has 8 nitrogen and oxygen atoms in total. The molecule has 2 aromatic rings. The summed E-state index contributed by atoms with van der Waals surface area (Å²) in [5, 5.41) is 15.3. The van der Waals surface area contributed by atoms with Gasteiger partial charge in [0.15, 0.2) is 0 Å². The van der Waals surface area contributed by atoms with Gasteiger partial charge in [0.2, 0.25) is 11.1 Å². The second-order valence-electron chi connectivity index (χ2n) is 6.53. The zero-order chi connectivity index (χ0) is 18.9. The van der Waals surface area contributed by atoms with Crippen LogP contribution < -0.4 is 10.2 Å². The van der Waals surface area contributed by atoms with Crippen molar-refractivity contribution in [2.24, 2.45) is 0 Å². The van der Waals surface area contributed by atoms with E-state index in [0.29, 0.717) is 24.0 Å². The number of carbonyl (C=O) groups is 1. The Hall–Kier alpha value is -2.13. The Morgan fingerprint density at radius 3 is 3.04 bits per heavy atom. The van der Waals surface area contributed by atoms with Gasteiger partial charge in [0.05, 0.1) is 18.4 Å². The molecule has 0 spiro atoms. The number of benzene rings is 1. The topological polar surface area (TPSA) is 85.2 Å². The fraction of sp³-hybridized carbons (Fsp3) is 0.556. The summed E-state index contributed by atoms with van der Waals surface area (Å²) in [7, 11) is 2.06. The number of thioether (sulfide) groups is 1. The maximum atomic E-state index is 12.1. The Labute approximate surface area is 163 Å². The predicted octanol–water partition coefficient (Wildman–Crippen LogP) is 1.59. The van der Waals surface area contributed by atoms with Gasteiger partial charge in [0.1, 0.15) is 0 Å². The SMILES string of the molecule is CN(CCCNC(=O)CSc1nnnn1C[C@@H]1CCCO1)c1ccccc1. The van der Waals surface area contributed by atoms with Crippen molar-refractivity contribution in [3.8, 4) is 0 Å². The molecule has 0 aliphatic carbocycles. The van der Waals surface area contributed by atoms with Gasteiger partial charge >= 0.3 is 0 Å². The Balaban J connectivity index is 1.32. The molecule has 1 fully saturated rings. The van der Waals surface area contributed by atoms with Crippen LogP contribution in [0.15, 0.2) is 35.5 Å². The number of aromatic nitrogens is 4. The first kappa shape index (κ1) is 19.6. The van der Waals surface area contributed by atoms with Crippen molar-refractivity contribution >= 4 is 23.4 Å². The first-order chi connectivity index (χ1) is 13.2. The lowest BCUT2D eigenvalue weighted by Gasteiger charge is -2.19. The molecule has 27 heavy (non-hydrogen) atoms. The van der Waals surface area contributed by atoms with E-state index in [2.05, 4.69) is 44.9 Å². The van der Waals surface area contributed by atoms with Crippen LogP contribution in [0.3, 0.4) is 0 Å². The molecule has 1 aliphatic rings. The number of tetrazole rings is 1. The largest absolute Gasteiger partial charge is 0.376 e. The zero-order valence-electron chi connectivity index (χ0n) is 15.6. The molecule has 0 unspecified atom stereocenters. The fourth-order valence-corrected chi connectivity index (χ4v) is 3.65. The number of para-hydroxylation sites is 1. The number of rotatable bonds is 10. The van der Waals surface area contributed by atoms with E-state index in [9.17, 15) is 4.79 Å². The van der Waals surface area contributed by atoms with E-state index >= 15 is 0 Å². The van der Waals surface area contributed by atoms with Gasteiger partial charge in [-0.1, -0.05) is 30.0 Å². The van der Waals surface area contributed by atoms with E-state index in [1.165, 1.54) is 17.4 Å². The average Bonchev–Trinajstić information content (AvgIpc) is 3.36. The number of nitrogens with zero attached hydrogens (tertiary/aromatic N) is 5. The molecule has 1 aromatic carbocycles. The van der Waals surface area contributed by atoms with Crippen molar-refractivity contribution in [2.45, 2.75) is 37.1 Å². The smallest absolute Gasteiger partial charge is 0.230 e. The van der Waals surface area contributed by atoms with Crippen LogP contribution in [0.2, 0.25) is 0 Å². The average molecular weight is 391 g/mol. The third-order valence-corrected chi connectivity index (χ3v) is 5.38. The molecule has 1 N–H and O–H groups in total. The van der Waals surface area contributed by atoms with Gasteiger partial charge in [-0.2, -0.15) is 0 Å². The molecule has 1 atom stereocenters. The summed E-state index contributed by atoms with van der Waals surface area (Å²) in [6.07, 6.45) is 3.17. The summed E-state index contributed by atoms with van der Waals surface area (Å²) in [6, 6.07) is 10.2. The summed E-state index contributed by atoms with van der Waals surface area (Å²) in [6.45, 7) is 2.98. The van der Waals surface area contributed by atoms with E-state index in [4.69, 9.17) is 4.74 Å². The normalized spacial score (nSPS) is 16.4. The minimum Gasteiger partial charge on any atom is -0.376 e. The number of hydrogen-bond acceptors (Lipinski definition) is 7. The summed E-state index contributed by atoms with van der Waals surface area (Å²) < 4.78 is 7.34. The Kier molecular flexibility index (Phi) is 7.46. The predicted molar refractivity (Wildman–Crippen MR) is 105 cm³/mol. The van der Waals surface area contributed by atoms with Crippen molar-refractivity contribution in [3.63, 3.8) is 0 Å². The van der Waals surface area contributed by atoms with Crippen LogP contribution in [0.4, 0.5) is 5.69 Å².